The molecule has 1 nitrogen and oxygen atoms in total. The topological polar surface area (TPSA) is 12.0 Å². The molecule has 1 aliphatic carbocycles. The highest BCUT2D eigenvalue weighted by molar-refractivity contribution is 4.89. The van der Waals surface area contributed by atoms with Crippen molar-refractivity contribution < 1.29 is 0 Å². The van der Waals surface area contributed by atoms with E-state index in [0.29, 0.717) is 5.41 Å². The number of hydrogen-bond acceptors (Lipinski definition) is 1. The maximum Gasteiger partial charge on any atom is -0.00462 e. The predicted molar refractivity (Wildman–Crippen MR) is 79.7 cm³/mol. The molecule has 3 atom stereocenters. The minimum Gasteiger partial charge on any atom is -0.317 e. The molecular weight excluding hydrogens is 218 g/mol. The molecule has 2 fully saturated rings. The summed E-state index contributed by atoms with van der Waals surface area (Å²) in [5.41, 5.74) is 0.637. The van der Waals surface area contributed by atoms with Gasteiger partial charge in [-0.1, -0.05) is 27.7 Å². The van der Waals surface area contributed by atoms with Crippen LogP contribution < -0.4 is 5.32 Å². The molecule has 0 aromatic rings. The smallest absolute Gasteiger partial charge is 0.00462 e. The Morgan fingerprint density at radius 3 is 2.33 bits per heavy atom. The number of nitrogens with one attached hydrogen (secondary N) is 1. The Kier molecular flexibility index (Phi) is 4.75. The fourth-order valence-electron chi connectivity index (χ4n) is 4.25. The maximum absolute atomic E-state index is 3.49. The van der Waals surface area contributed by atoms with Crippen LogP contribution in [0.15, 0.2) is 0 Å². The molecular formula is C17H33N. The molecule has 106 valence electrons. The van der Waals surface area contributed by atoms with Crippen molar-refractivity contribution in [2.24, 2.45) is 29.1 Å². The van der Waals surface area contributed by atoms with E-state index >= 15 is 0 Å². The molecule has 1 saturated heterocycles. The van der Waals surface area contributed by atoms with E-state index in [2.05, 4.69) is 33.0 Å². The molecule has 1 saturated carbocycles. The highest BCUT2D eigenvalue weighted by Gasteiger charge is 2.38. The van der Waals surface area contributed by atoms with Crippen molar-refractivity contribution in [2.45, 2.75) is 66.2 Å². The highest BCUT2D eigenvalue weighted by Crippen LogP contribution is 2.49. The fourth-order valence-corrected chi connectivity index (χ4v) is 4.25. The van der Waals surface area contributed by atoms with Gasteiger partial charge < -0.3 is 5.32 Å². The van der Waals surface area contributed by atoms with Crippen molar-refractivity contribution >= 4 is 0 Å². The van der Waals surface area contributed by atoms with Crippen LogP contribution in [0.4, 0.5) is 0 Å². The minimum absolute atomic E-state index is 0.637. The van der Waals surface area contributed by atoms with Crippen LogP contribution in [-0.2, 0) is 0 Å². The molecule has 1 aliphatic heterocycles. The lowest BCUT2D eigenvalue weighted by Gasteiger charge is -2.32. The normalized spacial score (nSPS) is 36.2. The Morgan fingerprint density at radius 2 is 1.78 bits per heavy atom. The summed E-state index contributed by atoms with van der Waals surface area (Å²) in [5, 5.41) is 3.49. The summed E-state index contributed by atoms with van der Waals surface area (Å²) < 4.78 is 0. The van der Waals surface area contributed by atoms with Gasteiger partial charge in [-0.25, -0.2) is 0 Å². The first-order valence-corrected chi connectivity index (χ1v) is 8.22. The Balaban J connectivity index is 1.80. The molecule has 0 spiro atoms. The van der Waals surface area contributed by atoms with E-state index in [-0.39, 0.29) is 0 Å². The van der Waals surface area contributed by atoms with Crippen LogP contribution in [0, 0.1) is 29.1 Å². The van der Waals surface area contributed by atoms with Gasteiger partial charge in [0.25, 0.3) is 0 Å². The molecule has 2 aliphatic rings. The Labute approximate surface area is 114 Å². The first-order chi connectivity index (χ1) is 8.51. The number of piperidine rings is 1. The average Bonchev–Trinajstić information content (AvgIpc) is 2.73. The molecule has 18 heavy (non-hydrogen) atoms. The monoisotopic (exact) mass is 251 g/mol. The van der Waals surface area contributed by atoms with Crippen LogP contribution >= 0.6 is 0 Å². The van der Waals surface area contributed by atoms with Gasteiger partial charge in [0.2, 0.25) is 0 Å². The van der Waals surface area contributed by atoms with E-state index in [1.54, 1.807) is 0 Å². The van der Waals surface area contributed by atoms with Gasteiger partial charge in [-0.15, -0.1) is 0 Å². The van der Waals surface area contributed by atoms with Crippen LogP contribution in [0.3, 0.4) is 0 Å². The fraction of sp³-hybridized carbons (Fsp3) is 1.00. The van der Waals surface area contributed by atoms with Crippen LogP contribution in [0.1, 0.15) is 66.2 Å². The summed E-state index contributed by atoms with van der Waals surface area (Å²) in [7, 11) is 0. The lowest BCUT2D eigenvalue weighted by atomic mass is 9.75. The quantitative estimate of drug-likeness (QED) is 0.777. The van der Waals surface area contributed by atoms with Gasteiger partial charge >= 0.3 is 0 Å². The van der Waals surface area contributed by atoms with Crippen molar-refractivity contribution in [1.82, 2.24) is 5.32 Å². The van der Waals surface area contributed by atoms with Crippen molar-refractivity contribution in [3.8, 4) is 0 Å². The second kappa shape index (κ2) is 5.94. The molecule has 1 heterocycles. The molecule has 0 amide bonds. The lowest BCUT2D eigenvalue weighted by molar-refractivity contribution is 0.196. The van der Waals surface area contributed by atoms with Crippen LogP contribution in [-0.4, -0.2) is 13.1 Å². The first kappa shape index (κ1) is 14.4. The number of rotatable bonds is 4. The second-order valence-corrected chi connectivity index (χ2v) is 7.72. The van der Waals surface area contributed by atoms with Crippen LogP contribution in [0.5, 0.6) is 0 Å². The SMILES string of the molecule is CC(CC1CCC(C)(C(C)C)C1)C1CCNCC1. The third kappa shape index (κ3) is 3.29. The molecule has 0 aromatic heterocycles. The van der Waals surface area contributed by atoms with Crippen molar-refractivity contribution in [3.05, 3.63) is 0 Å². The third-order valence-electron chi connectivity index (χ3n) is 6.17. The zero-order chi connectivity index (χ0) is 13.2. The predicted octanol–water partition coefficient (Wildman–Crippen LogP) is 4.47. The second-order valence-electron chi connectivity index (χ2n) is 7.72. The van der Waals surface area contributed by atoms with Gasteiger partial charge in [0, 0.05) is 0 Å². The molecule has 0 radical (unpaired) electrons. The first-order valence-electron chi connectivity index (χ1n) is 8.22. The number of hydrogen-bond donors (Lipinski definition) is 1. The lowest BCUT2D eigenvalue weighted by Crippen LogP contribution is -2.31. The van der Waals surface area contributed by atoms with Crippen LogP contribution in [0.2, 0.25) is 0 Å². The van der Waals surface area contributed by atoms with Gasteiger partial charge in [0.15, 0.2) is 0 Å². The zero-order valence-electron chi connectivity index (χ0n) is 13.0. The van der Waals surface area contributed by atoms with E-state index in [1.165, 1.54) is 51.6 Å². The van der Waals surface area contributed by atoms with E-state index in [4.69, 9.17) is 0 Å². The van der Waals surface area contributed by atoms with Crippen molar-refractivity contribution in [3.63, 3.8) is 0 Å². The highest BCUT2D eigenvalue weighted by atomic mass is 14.9. The van der Waals surface area contributed by atoms with Crippen LogP contribution in [0.25, 0.3) is 0 Å². The van der Waals surface area contributed by atoms with Gasteiger partial charge in [0.1, 0.15) is 0 Å². The summed E-state index contributed by atoms with van der Waals surface area (Å²) >= 11 is 0. The standard InChI is InChI=1S/C17H33N/c1-13(2)17(4)8-5-15(12-17)11-14(3)16-6-9-18-10-7-16/h13-16,18H,5-12H2,1-4H3. The largest absolute Gasteiger partial charge is 0.317 e. The molecule has 2 rings (SSSR count). The third-order valence-corrected chi connectivity index (χ3v) is 6.17. The van der Waals surface area contributed by atoms with E-state index < -0.39 is 0 Å². The molecule has 0 bridgehead atoms. The van der Waals surface area contributed by atoms with E-state index in [1.807, 2.05) is 0 Å². The molecule has 1 heteroatoms. The van der Waals surface area contributed by atoms with Gasteiger partial charge in [-0.3, -0.25) is 0 Å². The molecule has 1 N–H and O–H groups in total. The van der Waals surface area contributed by atoms with Gasteiger partial charge in [-0.2, -0.15) is 0 Å². The Hall–Kier alpha value is -0.0400. The van der Waals surface area contributed by atoms with Gasteiger partial charge in [0.05, 0.1) is 0 Å². The Bertz CT molecular complexity index is 254. The zero-order valence-corrected chi connectivity index (χ0v) is 13.0. The van der Waals surface area contributed by atoms with Crippen molar-refractivity contribution in [1.29, 1.82) is 0 Å². The molecule has 0 aromatic carbocycles. The Morgan fingerprint density at radius 1 is 1.11 bits per heavy atom. The van der Waals surface area contributed by atoms with E-state index in [0.717, 1.165) is 23.7 Å². The molecule has 3 unspecified atom stereocenters. The summed E-state index contributed by atoms with van der Waals surface area (Å²) in [6, 6.07) is 0. The van der Waals surface area contributed by atoms with Crippen molar-refractivity contribution in [2.75, 3.05) is 13.1 Å². The summed E-state index contributed by atoms with van der Waals surface area (Å²) in [4.78, 5) is 0. The van der Waals surface area contributed by atoms with E-state index in [9.17, 15) is 0 Å². The average molecular weight is 251 g/mol. The van der Waals surface area contributed by atoms with Gasteiger partial charge in [-0.05, 0) is 80.7 Å². The summed E-state index contributed by atoms with van der Waals surface area (Å²) in [6.45, 7) is 12.4. The maximum atomic E-state index is 3.49. The summed E-state index contributed by atoms with van der Waals surface area (Å²) in [6.07, 6.45) is 8.76. The minimum atomic E-state index is 0.637. The summed E-state index contributed by atoms with van der Waals surface area (Å²) in [5.74, 6) is 3.82.